The molecule has 3 amide bonds. The van der Waals surface area contributed by atoms with Gasteiger partial charge in [0.15, 0.2) is 5.54 Å². The molecule has 1 saturated heterocycles. The van der Waals surface area contributed by atoms with Gasteiger partial charge in [0.1, 0.15) is 10.7 Å². The van der Waals surface area contributed by atoms with Crippen molar-refractivity contribution in [2.45, 2.75) is 17.4 Å². The predicted octanol–water partition coefficient (Wildman–Crippen LogP) is 0.581. The smallest absolute Gasteiger partial charge is 0.322 e. The Hall–Kier alpha value is -3.22. The van der Waals surface area contributed by atoms with Crippen molar-refractivity contribution >= 4 is 33.6 Å². The highest BCUT2D eigenvalue weighted by Gasteiger charge is 2.51. The number of imide groups is 1. The number of imidazole rings is 1. The molecule has 1 fully saturated rings. The average Bonchev–Trinajstić information content (AvgIpc) is 3.39. The second-order valence-corrected chi connectivity index (χ2v) is 9.15. The van der Waals surface area contributed by atoms with Crippen LogP contribution in [0.15, 0.2) is 47.8 Å². The van der Waals surface area contributed by atoms with E-state index in [4.69, 9.17) is 11.6 Å². The first-order valence-electron chi connectivity index (χ1n) is 9.06. The van der Waals surface area contributed by atoms with Crippen LogP contribution in [0.1, 0.15) is 11.5 Å². The fraction of sp³-hybridized carbons (Fsp3) is 0.222. The number of halogens is 1. The molecule has 4 rings (SSSR count). The Morgan fingerprint density at radius 3 is 2.52 bits per heavy atom. The summed E-state index contributed by atoms with van der Waals surface area (Å²) in [5.74, 6) is -0.518. The molecule has 0 radical (unpaired) electrons. The van der Waals surface area contributed by atoms with E-state index in [0.29, 0.717) is 16.4 Å². The Labute approximate surface area is 182 Å². The van der Waals surface area contributed by atoms with Gasteiger partial charge in [0.25, 0.3) is 5.91 Å². The minimum atomic E-state index is -4.08. The summed E-state index contributed by atoms with van der Waals surface area (Å²) >= 11 is 5.90. The molecule has 3 N–H and O–H groups in total. The van der Waals surface area contributed by atoms with Crippen molar-refractivity contribution in [2.75, 3.05) is 6.54 Å². The molecule has 0 spiro atoms. The molecule has 31 heavy (non-hydrogen) atoms. The molecular formula is C18H18ClN7O4S. The van der Waals surface area contributed by atoms with E-state index in [9.17, 15) is 18.0 Å². The molecule has 1 aromatic carbocycles. The van der Waals surface area contributed by atoms with Gasteiger partial charge in [-0.25, -0.2) is 27.6 Å². The third-order valence-corrected chi connectivity index (χ3v) is 6.75. The molecule has 1 atom stereocenters. The molecule has 11 nitrogen and oxygen atoms in total. The van der Waals surface area contributed by atoms with E-state index in [1.165, 1.54) is 21.6 Å². The lowest BCUT2D eigenvalue weighted by Crippen LogP contribution is -2.54. The fourth-order valence-electron chi connectivity index (χ4n) is 3.41. The van der Waals surface area contributed by atoms with Gasteiger partial charge in [0.05, 0.1) is 24.1 Å². The van der Waals surface area contributed by atoms with Crippen molar-refractivity contribution in [2.24, 2.45) is 7.05 Å². The normalized spacial score (nSPS) is 18.8. The molecule has 0 aliphatic carbocycles. The maximum Gasteiger partial charge on any atom is 0.322 e. The Bertz CT molecular complexity index is 1280. The highest BCUT2D eigenvalue weighted by atomic mass is 35.5. The molecule has 1 aliphatic rings. The van der Waals surface area contributed by atoms with Crippen LogP contribution >= 0.6 is 11.6 Å². The van der Waals surface area contributed by atoms with Gasteiger partial charge in [0, 0.05) is 24.5 Å². The van der Waals surface area contributed by atoms with Gasteiger partial charge < -0.3 is 9.88 Å². The number of aromatic nitrogens is 4. The number of sulfonamides is 1. The Morgan fingerprint density at radius 2 is 1.94 bits per heavy atom. The van der Waals surface area contributed by atoms with Crippen LogP contribution in [0.3, 0.4) is 0 Å². The van der Waals surface area contributed by atoms with Crippen LogP contribution in [0.2, 0.25) is 5.02 Å². The number of carbonyl (C=O) groups excluding carboxylic acids is 2. The number of amides is 3. The van der Waals surface area contributed by atoms with Crippen LogP contribution in [-0.2, 0) is 27.4 Å². The molecule has 3 aromatic rings. The maximum atomic E-state index is 13.0. The Balaban J connectivity index is 1.65. The number of urea groups is 1. The summed E-state index contributed by atoms with van der Waals surface area (Å²) in [6, 6.07) is 6.02. The summed E-state index contributed by atoms with van der Waals surface area (Å²) in [6.07, 6.45) is 4.25. The van der Waals surface area contributed by atoms with Gasteiger partial charge in [-0.05, 0) is 31.2 Å². The van der Waals surface area contributed by atoms with Gasteiger partial charge in [-0.1, -0.05) is 11.6 Å². The third kappa shape index (κ3) is 3.58. The van der Waals surface area contributed by atoms with E-state index in [1.807, 2.05) is 0 Å². The van der Waals surface area contributed by atoms with Gasteiger partial charge in [-0.2, -0.15) is 5.10 Å². The van der Waals surface area contributed by atoms with E-state index < -0.39 is 34.0 Å². The van der Waals surface area contributed by atoms with Gasteiger partial charge in [-0.15, -0.1) is 0 Å². The van der Waals surface area contributed by atoms with E-state index in [1.54, 1.807) is 44.4 Å². The van der Waals surface area contributed by atoms with Crippen LogP contribution in [-0.4, -0.2) is 46.2 Å². The second-order valence-electron chi connectivity index (χ2n) is 6.98. The Morgan fingerprint density at radius 1 is 1.23 bits per heavy atom. The van der Waals surface area contributed by atoms with E-state index in [-0.39, 0.29) is 10.7 Å². The molecule has 2 aromatic heterocycles. The summed E-state index contributed by atoms with van der Waals surface area (Å²) in [7, 11) is -2.45. The van der Waals surface area contributed by atoms with Gasteiger partial charge in [0.2, 0.25) is 10.0 Å². The molecule has 0 bridgehead atoms. The molecule has 13 heteroatoms. The first-order valence-corrected chi connectivity index (χ1v) is 10.9. The van der Waals surface area contributed by atoms with E-state index >= 15 is 0 Å². The fourth-order valence-corrected chi connectivity index (χ4v) is 4.76. The quantitative estimate of drug-likeness (QED) is 0.457. The van der Waals surface area contributed by atoms with Crippen LogP contribution in [0.4, 0.5) is 4.79 Å². The topological polar surface area (TPSA) is 140 Å². The van der Waals surface area contributed by atoms with Gasteiger partial charge in [-0.3, -0.25) is 10.1 Å². The number of rotatable bonds is 6. The lowest BCUT2D eigenvalue weighted by molar-refractivity contribution is -0.124. The largest absolute Gasteiger partial charge is 0.336 e. The third-order valence-electron chi connectivity index (χ3n) is 5.00. The molecule has 0 saturated carbocycles. The summed E-state index contributed by atoms with van der Waals surface area (Å²) in [5.41, 5.74) is -0.696. The summed E-state index contributed by atoms with van der Waals surface area (Å²) in [4.78, 5) is 28.5. The first kappa shape index (κ1) is 21.0. The molecular weight excluding hydrogens is 446 g/mol. The summed E-state index contributed by atoms with van der Waals surface area (Å²) in [6.45, 7) is 1.16. The van der Waals surface area contributed by atoms with Crippen molar-refractivity contribution < 1.29 is 18.0 Å². The van der Waals surface area contributed by atoms with Crippen LogP contribution in [0, 0.1) is 6.92 Å². The number of hydrogen-bond donors (Lipinski definition) is 3. The summed E-state index contributed by atoms with van der Waals surface area (Å²) < 4.78 is 31.5. The van der Waals surface area contributed by atoms with Crippen LogP contribution in [0.25, 0.3) is 5.69 Å². The number of nitrogens with zero attached hydrogens (tertiary/aromatic N) is 4. The van der Waals surface area contributed by atoms with E-state index in [0.717, 1.165) is 0 Å². The highest BCUT2D eigenvalue weighted by molar-refractivity contribution is 7.89. The van der Waals surface area contributed by atoms with Gasteiger partial charge >= 0.3 is 6.03 Å². The minimum Gasteiger partial charge on any atom is -0.336 e. The Kier molecular flexibility index (Phi) is 5.07. The number of carbonyl (C=O) groups is 2. The predicted molar refractivity (Wildman–Crippen MR) is 110 cm³/mol. The van der Waals surface area contributed by atoms with Crippen molar-refractivity contribution in [1.29, 1.82) is 0 Å². The lowest BCUT2D eigenvalue weighted by Gasteiger charge is -2.25. The summed E-state index contributed by atoms with van der Waals surface area (Å²) in [5, 5.41) is 9.33. The van der Waals surface area contributed by atoms with Crippen molar-refractivity contribution in [3.05, 3.63) is 59.4 Å². The number of aryl methyl sites for hydroxylation is 1. The first-order chi connectivity index (χ1) is 14.6. The molecule has 162 valence electrons. The second kappa shape index (κ2) is 7.48. The average molecular weight is 464 g/mol. The van der Waals surface area contributed by atoms with Crippen LogP contribution < -0.4 is 15.4 Å². The van der Waals surface area contributed by atoms with E-state index in [2.05, 4.69) is 25.4 Å². The zero-order valence-electron chi connectivity index (χ0n) is 16.5. The lowest BCUT2D eigenvalue weighted by atomic mass is 9.99. The minimum absolute atomic E-state index is 0.0674. The molecule has 1 aliphatic heterocycles. The molecule has 3 heterocycles. The molecule has 1 unspecified atom stereocenters. The SMILES string of the molecule is Cc1c(S(=O)(=O)NCC2(c3nccn3C)NC(=O)NC2=O)cnn1-c1ccc(Cl)cc1. The van der Waals surface area contributed by atoms with Crippen molar-refractivity contribution in [3.8, 4) is 5.69 Å². The number of benzene rings is 1. The standard InChI is InChI=1S/C18H18ClN7O4S/c1-11-14(9-21-26(11)13-5-3-12(19)4-6-13)31(29,30)22-10-18(15-20-7-8-25(15)2)16(27)23-17(28)24-18/h3-9,22H,10H2,1-2H3,(H2,23,24,27,28). The van der Waals surface area contributed by atoms with Crippen molar-refractivity contribution in [1.82, 2.24) is 34.7 Å². The highest BCUT2D eigenvalue weighted by Crippen LogP contribution is 2.25. The maximum absolute atomic E-state index is 13.0. The van der Waals surface area contributed by atoms with Crippen LogP contribution in [0.5, 0.6) is 0 Å². The zero-order chi connectivity index (χ0) is 22.4. The monoisotopic (exact) mass is 463 g/mol. The number of hydrogen-bond acceptors (Lipinski definition) is 6. The zero-order valence-corrected chi connectivity index (χ0v) is 18.0. The number of nitrogens with one attached hydrogen (secondary N) is 3. The van der Waals surface area contributed by atoms with Crippen molar-refractivity contribution in [3.63, 3.8) is 0 Å².